The van der Waals surface area contributed by atoms with E-state index in [0.29, 0.717) is 0 Å². The summed E-state index contributed by atoms with van der Waals surface area (Å²) in [6.07, 6.45) is 0. The van der Waals surface area contributed by atoms with E-state index in [1.165, 1.54) is 16.7 Å². The van der Waals surface area contributed by atoms with E-state index in [-0.39, 0.29) is 0 Å². The molecule has 2 aromatic carbocycles. The second kappa shape index (κ2) is 5.66. The molecule has 0 aliphatic rings. The standard InChI is InChI=1S/C16H19BrN2/c1-11-4-5-12(2)13(8-11)10-19(3)16-7-6-14(17)9-15(16)18/h4-9H,10,18H2,1-3H3. The summed E-state index contributed by atoms with van der Waals surface area (Å²) in [7, 11) is 2.07. The van der Waals surface area contributed by atoms with Crippen molar-refractivity contribution in [2.45, 2.75) is 20.4 Å². The molecule has 0 amide bonds. The lowest BCUT2D eigenvalue weighted by Crippen LogP contribution is -2.18. The van der Waals surface area contributed by atoms with E-state index in [4.69, 9.17) is 5.73 Å². The van der Waals surface area contributed by atoms with Gasteiger partial charge in [-0.2, -0.15) is 0 Å². The van der Waals surface area contributed by atoms with Gasteiger partial charge in [-0.05, 0) is 43.2 Å². The van der Waals surface area contributed by atoms with Crippen LogP contribution in [0.5, 0.6) is 0 Å². The molecule has 0 spiro atoms. The Morgan fingerprint density at radius 3 is 2.53 bits per heavy atom. The molecule has 19 heavy (non-hydrogen) atoms. The van der Waals surface area contributed by atoms with Crippen molar-refractivity contribution in [3.05, 3.63) is 57.6 Å². The molecule has 100 valence electrons. The molecule has 2 aromatic rings. The number of nitrogen functional groups attached to an aromatic ring is 1. The Morgan fingerprint density at radius 1 is 1.11 bits per heavy atom. The Balaban J connectivity index is 2.25. The number of aryl methyl sites for hydroxylation is 2. The monoisotopic (exact) mass is 318 g/mol. The first-order chi connectivity index (χ1) is 8.97. The normalized spacial score (nSPS) is 10.5. The lowest BCUT2D eigenvalue weighted by molar-refractivity contribution is 0.914. The van der Waals surface area contributed by atoms with Gasteiger partial charge >= 0.3 is 0 Å². The first-order valence-corrected chi connectivity index (χ1v) is 7.09. The van der Waals surface area contributed by atoms with Gasteiger partial charge in [0.25, 0.3) is 0 Å². The van der Waals surface area contributed by atoms with Gasteiger partial charge in [0.1, 0.15) is 0 Å². The number of anilines is 2. The quantitative estimate of drug-likeness (QED) is 0.856. The molecule has 2 N–H and O–H groups in total. The largest absolute Gasteiger partial charge is 0.397 e. The predicted octanol–water partition coefficient (Wildman–Crippen LogP) is 4.28. The van der Waals surface area contributed by atoms with Gasteiger partial charge in [0.2, 0.25) is 0 Å². The molecule has 0 bridgehead atoms. The molecule has 0 fully saturated rings. The third kappa shape index (κ3) is 3.29. The van der Waals surface area contributed by atoms with Gasteiger partial charge in [0.15, 0.2) is 0 Å². The summed E-state index contributed by atoms with van der Waals surface area (Å²) in [6.45, 7) is 5.13. The molecular weight excluding hydrogens is 300 g/mol. The predicted molar refractivity (Wildman–Crippen MR) is 86.6 cm³/mol. The Bertz CT molecular complexity index is 593. The van der Waals surface area contributed by atoms with Gasteiger partial charge in [0.05, 0.1) is 11.4 Å². The van der Waals surface area contributed by atoms with Gasteiger partial charge in [-0.25, -0.2) is 0 Å². The van der Waals surface area contributed by atoms with E-state index < -0.39 is 0 Å². The minimum Gasteiger partial charge on any atom is -0.397 e. The Morgan fingerprint density at radius 2 is 1.84 bits per heavy atom. The van der Waals surface area contributed by atoms with Crippen LogP contribution in [0.2, 0.25) is 0 Å². The molecular formula is C16H19BrN2. The zero-order valence-corrected chi connectivity index (χ0v) is 13.2. The van der Waals surface area contributed by atoms with Crippen LogP contribution in [-0.4, -0.2) is 7.05 Å². The summed E-state index contributed by atoms with van der Waals surface area (Å²) >= 11 is 3.43. The van der Waals surface area contributed by atoms with Crippen molar-refractivity contribution in [3.8, 4) is 0 Å². The molecule has 0 aliphatic heterocycles. The maximum Gasteiger partial charge on any atom is 0.0601 e. The van der Waals surface area contributed by atoms with E-state index >= 15 is 0 Å². The Kier molecular flexibility index (Phi) is 4.15. The lowest BCUT2D eigenvalue weighted by atomic mass is 10.1. The molecule has 0 saturated heterocycles. The minimum absolute atomic E-state index is 0.794. The van der Waals surface area contributed by atoms with Crippen molar-refractivity contribution in [3.63, 3.8) is 0 Å². The summed E-state index contributed by atoms with van der Waals surface area (Å²) in [5.74, 6) is 0. The van der Waals surface area contributed by atoms with Crippen molar-refractivity contribution in [2.24, 2.45) is 0 Å². The van der Waals surface area contributed by atoms with Crippen LogP contribution in [0, 0.1) is 13.8 Å². The Labute approximate surface area is 123 Å². The van der Waals surface area contributed by atoms with Gasteiger partial charge in [-0.1, -0.05) is 39.7 Å². The number of rotatable bonds is 3. The van der Waals surface area contributed by atoms with Crippen LogP contribution in [-0.2, 0) is 6.54 Å². The van der Waals surface area contributed by atoms with Crippen molar-refractivity contribution in [1.29, 1.82) is 0 Å². The molecule has 0 atom stereocenters. The molecule has 0 aliphatic carbocycles. The van der Waals surface area contributed by atoms with Crippen LogP contribution in [0.15, 0.2) is 40.9 Å². The van der Waals surface area contributed by atoms with Crippen LogP contribution < -0.4 is 10.6 Å². The molecule has 3 heteroatoms. The zero-order chi connectivity index (χ0) is 14.0. The second-order valence-electron chi connectivity index (χ2n) is 4.99. The number of benzene rings is 2. The average molecular weight is 319 g/mol. The first kappa shape index (κ1) is 13.9. The Hall–Kier alpha value is -1.48. The number of nitrogens with two attached hydrogens (primary N) is 1. The second-order valence-corrected chi connectivity index (χ2v) is 5.90. The molecule has 0 unspecified atom stereocenters. The van der Waals surface area contributed by atoms with Crippen LogP contribution in [0.4, 0.5) is 11.4 Å². The zero-order valence-electron chi connectivity index (χ0n) is 11.6. The maximum absolute atomic E-state index is 6.07. The number of hydrogen-bond acceptors (Lipinski definition) is 2. The fourth-order valence-corrected chi connectivity index (χ4v) is 2.56. The van der Waals surface area contributed by atoms with Crippen LogP contribution in [0.1, 0.15) is 16.7 Å². The van der Waals surface area contributed by atoms with Crippen molar-refractivity contribution >= 4 is 27.3 Å². The van der Waals surface area contributed by atoms with Crippen LogP contribution in [0.3, 0.4) is 0 Å². The highest BCUT2D eigenvalue weighted by molar-refractivity contribution is 9.10. The van der Waals surface area contributed by atoms with Crippen molar-refractivity contribution < 1.29 is 0 Å². The summed E-state index contributed by atoms with van der Waals surface area (Å²) in [4.78, 5) is 2.18. The summed E-state index contributed by atoms with van der Waals surface area (Å²) in [6, 6.07) is 12.6. The van der Waals surface area contributed by atoms with E-state index in [2.05, 4.69) is 59.9 Å². The van der Waals surface area contributed by atoms with E-state index in [1.54, 1.807) is 0 Å². The molecule has 0 aromatic heterocycles. The summed E-state index contributed by atoms with van der Waals surface area (Å²) < 4.78 is 1.01. The highest BCUT2D eigenvalue weighted by Gasteiger charge is 2.08. The summed E-state index contributed by atoms with van der Waals surface area (Å²) in [5.41, 5.74) is 11.9. The van der Waals surface area contributed by atoms with E-state index in [1.807, 2.05) is 18.2 Å². The van der Waals surface area contributed by atoms with Crippen LogP contribution >= 0.6 is 15.9 Å². The van der Waals surface area contributed by atoms with E-state index in [9.17, 15) is 0 Å². The highest BCUT2D eigenvalue weighted by atomic mass is 79.9. The molecule has 2 rings (SSSR count). The molecule has 0 radical (unpaired) electrons. The van der Waals surface area contributed by atoms with Gasteiger partial charge in [-0.15, -0.1) is 0 Å². The third-order valence-corrected chi connectivity index (χ3v) is 3.81. The molecule has 0 saturated carbocycles. The fraction of sp³-hybridized carbons (Fsp3) is 0.250. The lowest BCUT2D eigenvalue weighted by Gasteiger charge is -2.22. The topological polar surface area (TPSA) is 29.3 Å². The average Bonchev–Trinajstić information content (AvgIpc) is 2.33. The number of nitrogens with zero attached hydrogens (tertiary/aromatic N) is 1. The molecule has 2 nitrogen and oxygen atoms in total. The van der Waals surface area contributed by atoms with Crippen LogP contribution in [0.25, 0.3) is 0 Å². The fourth-order valence-electron chi connectivity index (χ4n) is 2.18. The third-order valence-electron chi connectivity index (χ3n) is 3.31. The highest BCUT2D eigenvalue weighted by Crippen LogP contribution is 2.27. The van der Waals surface area contributed by atoms with Crippen molar-refractivity contribution in [1.82, 2.24) is 0 Å². The van der Waals surface area contributed by atoms with Gasteiger partial charge in [-0.3, -0.25) is 0 Å². The van der Waals surface area contributed by atoms with E-state index in [0.717, 1.165) is 22.4 Å². The first-order valence-electron chi connectivity index (χ1n) is 6.29. The number of halogens is 1. The maximum atomic E-state index is 6.07. The smallest absolute Gasteiger partial charge is 0.0601 e. The minimum atomic E-state index is 0.794. The van der Waals surface area contributed by atoms with Gasteiger partial charge < -0.3 is 10.6 Å². The van der Waals surface area contributed by atoms with Gasteiger partial charge in [0, 0.05) is 18.1 Å². The van der Waals surface area contributed by atoms with Crippen molar-refractivity contribution in [2.75, 3.05) is 17.7 Å². The number of hydrogen-bond donors (Lipinski definition) is 1. The SMILES string of the molecule is Cc1ccc(C)c(CN(C)c2ccc(Br)cc2N)c1. The molecule has 0 heterocycles. The summed E-state index contributed by atoms with van der Waals surface area (Å²) in [5, 5.41) is 0.